The van der Waals surface area contributed by atoms with E-state index in [1.165, 1.54) is 0 Å². The van der Waals surface area contributed by atoms with Crippen molar-refractivity contribution in [2.24, 2.45) is 11.1 Å². The van der Waals surface area contributed by atoms with Crippen LogP contribution in [-0.4, -0.2) is 36.7 Å². The van der Waals surface area contributed by atoms with Crippen LogP contribution in [-0.2, 0) is 4.79 Å². The molecule has 0 aromatic carbocycles. The Morgan fingerprint density at radius 2 is 1.72 bits per heavy atom. The van der Waals surface area contributed by atoms with Gasteiger partial charge < -0.3 is 21.5 Å². The highest BCUT2D eigenvalue weighted by molar-refractivity contribution is 5.78. The Bertz CT molecular complexity index is 286. The smallest absolute Gasteiger partial charge is 0.314 e. The fourth-order valence-corrected chi connectivity index (χ4v) is 2.37. The van der Waals surface area contributed by atoms with Gasteiger partial charge in [0, 0.05) is 19.6 Å². The minimum Gasteiger partial charge on any atom is -0.481 e. The second-order valence-corrected chi connectivity index (χ2v) is 4.90. The van der Waals surface area contributed by atoms with Gasteiger partial charge in [-0.25, -0.2) is 4.79 Å². The largest absolute Gasteiger partial charge is 0.481 e. The van der Waals surface area contributed by atoms with E-state index in [2.05, 4.69) is 10.6 Å². The van der Waals surface area contributed by atoms with Gasteiger partial charge in [0.25, 0.3) is 0 Å². The van der Waals surface area contributed by atoms with Gasteiger partial charge in [-0.1, -0.05) is 25.7 Å². The molecule has 0 atom stereocenters. The van der Waals surface area contributed by atoms with Crippen LogP contribution >= 0.6 is 0 Å². The summed E-state index contributed by atoms with van der Waals surface area (Å²) in [4.78, 5) is 22.9. The number of rotatable bonds is 5. The first-order valence-electron chi connectivity index (χ1n) is 6.56. The number of aliphatic carboxylic acids is 1. The van der Waals surface area contributed by atoms with Crippen LogP contribution in [0.4, 0.5) is 4.79 Å². The van der Waals surface area contributed by atoms with Crippen molar-refractivity contribution >= 4 is 12.0 Å². The Hall–Kier alpha value is -1.30. The van der Waals surface area contributed by atoms with Crippen molar-refractivity contribution in [2.45, 2.75) is 38.5 Å². The van der Waals surface area contributed by atoms with Crippen LogP contribution in [0.2, 0.25) is 0 Å². The number of carbonyl (C=O) groups excluding carboxylic acids is 1. The van der Waals surface area contributed by atoms with Crippen LogP contribution < -0.4 is 16.4 Å². The lowest BCUT2D eigenvalue weighted by atomic mass is 9.80. The van der Waals surface area contributed by atoms with Crippen molar-refractivity contribution in [3.63, 3.8) is 0 Å². The maximum Gasteiger partial charge on any atom is 0.314 e. The number of hydrogen-bond acceptors (Lipinski definition) is 3. The van der Waals surface area contributed by atoms with Crippen molar-refractivity contribution in [1.29, 1.82) is 0 Å². The molecular weight excluding hydrogens is 234 g/mol. The molecule has 2 amide bonds. The number of nitrogens with one attached hydrogen (secondary N) is 2. The monoisotopic (exact) mass is 257 g/mol. The molecule has 0 heterocycles. The predicted molar refractivity (Wildman–Crippen MR) is 68.2 cm³/mol. The van der Waals surface area contributed by atoms with E-state index in [1.807, 2.05) is 0 Å². The highest BCUT2D eigenvalue weighted by Gasteiger charge is 2.38. The molecule has 1 rings (SSSR count). The normalized spacial score (nSPS) is 18.7. The number of nitrogens with two attached hydrogens (primary N) is 1. The van der Waals surface area contributed by atoms with E-state index in [9.17, 15) is 14.7 Å². The van der Waals surface area contributed by atoms with Crippen molar-refractivity contribution in [3.8, 4) is 0 Å². The zero-order valence-electron chi connectivity index (χ0n) is 10.7. The van der Waals surface area contributed by atoms with Crippen LogP contribution in [0.3, 0.4) is 0 Å². The Labute approximate surface area is 107 Å². The fourth-order valence-electron chi connectivity index (χ4n) is 2.37. The Balaban J connectivity index is 2.51. The molecule has 0 saturated heterocycles. The lowest BCUT2D eigenvalue weighted by Gasteiger charge is -2.28. The van der Waals surface area contributed by atoms with E-state index in [4.69, 9.17) is 5.73 Å². The third-order valence-electron chi connectivity index (χ3n) is 3.53. The van der Waals surface area contributed by atoms with Crippen LogP contribution in [0, 0.1) is 5.41 Å². The first-order valence-corrected chi connectivity index (χ1v) is 6.56. The predicted octanol–water partition coefficient (Wildman–Crippen LogP) is 0.669. The lowest BCUT2D eigenvalue weighted by Crippen LogP contribution is -2.46. The molecule has 1 fully saturated rings. The van der Waals surface area contributed by atoms with Crippen molar-refractivity contribution in [1.82, 2.24) is 10.6 Å². The second-order valence-electron chi connectivity index (χ2n) is 4.90. The molecule has 6 heteroatoms. The zero-order chi connectivity index (χ0) is 13.4. The molecule has 5 N–H and O–H groups in total. The third kappa shape index (κ3) is 4.18. The van der Waals surface area contributed by atoms with Gasteiger partial charge in [0.2, 0.25) is 0 Å². The van der Waals surface area contributed by atoms with Crippen molar-refractivity contribution < 1.29 is 14.7 Å². The molecule has 6 nitrogen and oxygen atoms in total. The maximum absolute atomic E-state index is 11.5. The molecule has 0 aromatic heterocycles. The summed E-state index contributed by atoms with van der Waals surface area (Å²) in [5, 5.41) is 14.6. The maximum atomic E-state index is 11.5. The molecule has 0 unspecified atom stereocenters. The summed E-state index contributed by atoms with van der Waals surface area (Å²) < 4.78 is 0. The van der Waals surface area contributed by atoms with Gasteiger partial charge in [0.15, 0.2) is 0 Å². The van der Waals surface area contributed by atoms with E-state index in [0.29, 0.717) is 25.9 Å². The topological polar surface area (TPSA) is 104 Å². The number of urea groups is 1. The summed E-state index contributed by atoms with van der Waals surface area (Å²) in [7, 11) is 0. The van der Waals surface area contributed by atoms with E-state index >= 15 is 0 Å². The minimum atomic E-state index is -0.802. The second kappa shape index (κ2) is 7.20. The summed E-state index contributed by atoms with van der Waals surface area (Å²) in [6.07, 6.45) is 5.26. The van der Waals surface area contributed by atoms with Gasteiger partial charge >= 0.3 is 12.0 Å². The first-order chi connectivity index (χ1) is 8.60. The standard InChI is InChI=1S/C12H23N3O3/c13-7-8-14-11(18)15-9-12(10(16)17)5-3-1-2-4-6-12/h1-9,13H2,(H,16,17)(H2,14,15,18). The van der Waals surface area contributed by atoms with Crippen LogP contribution in [0.5, 0.6) is 0 Å². The molecular formula is C12H23N3O3. The van der Waals surface area contributed by atoms with Gasteiger partial charge in [-0.05, 0) is 12.8 Å². The molecule has 104 valence electrons. The number of carbonyl (C=O) groups is 2. The van der Waals surface area contributed by atoms with E-state index in [-0.39, 0.29) is 12.6 Å². The zero-order valence-corrected chi connectivity index (χ0v) is 10.7. The van der Waals surface area contributed by atoms with Gasteiger partial charge in [-0.3, -0.25) is 4.79 Å². The van der Waals surface area contributed by atoms with E-state index < -0.39 is 11.4 Å². The first kappa shape index (κ1) is 14.8. The molecule has 0 bridgehead atoms. The van der Waals surface area contributed by atoms with Crippen LogP contribution in [0.25, 0.3) is 0 Å². The lowest BCUT2D eigenvalue weighted by molar-refractivity contribution is -0.149. The number of amides is 2. The molecule has 1 aliphatic rings. The number of hydrogen-bond donors (Lipinski definition) is 4. The molecule has 1 aliphatic carbocycles. The molecule has 0 aromatic rings. The van der Waals surface area contributed by atoms with Crippen LogP contribution in [0.1, 0.15) is 38.5 Å². The summed E-state index contributed by atoms with van der Waals surface area (Å²) >= 11 is 0. The van der Waals surface area contributed by atoms with Gasteiger partial charge in [-0.15, -0.1) is 0 Å². The summed E-state index contributed by atoms with van der Waals surface area (Å²) in [6.45, 7) is 0.960. The van der Waals surface area contributed by atoms with Gasteiger partial charge in [-0.2, -0.15) is 0 Å². The molecule has 0 spiro atoms. The average molecular weight is 257 g/mol. The van der Waals surface area contributed by atoms with Crippen molar-refractivity contribution in [3.05, 3.63) is 0 Å². The SMILES string of the molecule is NCCNC(=O)NCC1(C(=O)O)CCCCCC1. The quantitative estimate of drug-likeness (QED) is 0.543. The Morgan fingerprint density at radius 1 is 1.11 bits per heavy atom. The highest BCUT2D eigenvalue weighted by atomic mass is 16.4. The number of carboxylic acids is 1. The molecule has 0 aliphatic heterocycles. The Morgan fingerprint density at radius 3 is 2.22 bits per heavy atom. The minimum absolute atomic E-state index is 0.193. The van der Waals surface area contributed by atoms with E-state index in [1.54, 1.807) is 0 Å². The summed E-state index contributed by atoms with van der Waals surface area (Å²) in [6, 6.07) is -0.342. The highest BCUT2D eigenvalue weighted by Crippen LogP contribution is 2.34. The van der Waals surface area contributed by atoms with E-state index in [0.717, 1.165) is 25.7 Å². The Kier molecular flexibility index (Phi) is 5.91. The summed E-state index contributed by atoms with van der Waals surface area (Å²) in [5.41, 5.74) is 4.48. The third-order valence-corrected chi connectivity index (χ3v) is 3.53. The van der Waals surface area contributed by atoms with Crippen molar-refractivity contribution in [2.75, 3.05) is 19.6 Å². The molecule has 0 radical (unpaired) electrons. The average Bonchev–Trinajstić information content (AvgIpc) is 2.60. The summed E-state index contributed by atoms with van der Waals surface area (Å²) in [5.74, 6) is -0.802. The van der Waals surface area contributed by atoms with Gasteiger partial charge in [0.05, 0.1) is 5.41 Å². The van der Waals surface area contributed by atoms with Gasteiger partial charge in [0.1, 0.15) is 0 Å². The van der Waals surface area contributed by atoms with Crippen LogP contribution in [0.15, 0.2) is 0 Å². The fraction of sp³-hybridized carbons (Fsp3) is 0.833. The molecule has 1 saturated carbocycles. The molecule has 18 heavy (non-hydrogen) atoms. The number of carboxylic acid groups (broad SMARTS) is 1.